The predicted octanol–water partition coefficient (Wildman–Crippen LogP) is 5.95. The lowest BCUT2D eigenvalue weighted by atomic mass is 9.87. The molecule has 0 radical (unpaired) electrons. The van der Waals surface area contributed by atoms with Crippen molar-refractivity contribution in [3.63, 3.8) is 0 Å². The summed E-state index contributed by atoms with van der Waals surface area (Å²) in [5, 5.41) is 1.88. The maximum atomic E-state index is 7.89. The van der Waals surface area contributed by atoms with Gasteiger partial charge in [0, 0.05) is 30.8 Å². The van der Waals surface area contributed by atoms with Gasteiger partial charge < -0.3 is 4.42 Å². The predicted molar refractivity (Wildman–Crippen MR) is 95.7 cm³/mol. The molecule has 2 nitrogen and oxygen atoms in total. The van der Waals surface area contributed by atoms with Gasteiger partial charge in [0.2, 0.25) is 0 Å². The third-order valence-electron chi connectivity index (χ3n) is 4.02. The topological polar surface area (TPSA) is 26.0 Å². The molecule has 0 N–H and O–H groups in total. The highest BCUT2D eigenvalue weighted by molar-refractivity contribution is 6.09. The van der Waals surface area contributed by atoms with Gasteiger partial charge in [-0.2, -0.15) is 0 Å². The minimum absolute atomic E-state index is 0.190. The van der Waals surface area contributed by atoms with Gasteiger partial charge in [0.05, 0.1) is 5.69 Å². The summed E-state index contributed by atoms with van der Waals surface area (Å²) in [6, 6.07) is 16.3. The molecule has 2 aromatic heterocycles. The summed E-state index contributed by atoms with van der Waals surface area (Å²) in [4.78, 5) is 4.38. The van der Waals surface area contributed by atoms with Gasteiger partial charge in [0.25, 0.3) is 0 Å². The van der Waals surface area contributed by atoms with Gasteiger partial charge >= 0.3 is 0 Å². The van der Waals surface area contributed by atoms with Gasteiger partial charge in [-0.3, -0.25) is 4.98 Å². The second kappa shape index (κ2) is 4.95. The summed E-state index contributed by atoms with van der Waals surface area (Å²) in [7, 11) is 0. The number of furan rings is 1. The molecule has 0 saturated heterocycles. The molecule has 0 aliphatic rings. The Morgan fingerprint density at radius 1 is 1.00 bits per heavy atom. The lowest BCUT2D eigenvalue weighted by Gasteiger charge is -2.19. The van der Waals surface area contributed by atoms with Crippen LogP contribution in [0.5, 0.6) is 0 Å². The van der Waals surface area contributed by atoms with Crippen LogP contribution in [-0.4, -0.2) is 4.98 Å². The number of para-hydroxylation sites is 2. The number of benzene rings is 2. The molecule has 2 heterocycles. The Hall–Kier alpha value is -2.61. The minimum atomic E-state index is -2.72. The fourth-order valence-corrected chi connectivity index (χ4v) is 2.84. The Kier molecular flexibility index (Phi) is 1.91. The molecule has 4 aromatic rings. The zero-order valence-corrected chi connectivity index (χ0v) is 12.6. The molecule has 0 bridgehead atoms. The van der Waals surface area contributed by atoms with Gasteiger partial charge in [0.15, 0.2) is 0 Å². The van der Waals surface area contributed by atoms with Crippen molar-refractivity contribution in [2.24, 2.45) is 0 Å². The van der Waals surface area contributed by atoms with Crippen LogP contribution in [0.1, 0.15) is 34.4 Å². The zero-order chi connectivity index (χ0) is 21.0. The number of fused-ring (bicyclic) bond motifs is 3. The normalized spacial score (nSPS) is 17.1. The number of rotatable bonds is 1. The standard InChI is InChI=1S/C21H19NO/c1-21(2,3)14-11-12-22-18(13-14)17-9-6-8-16-15-7-4-5-10-19(15)23-20(16)17/h4-13H,1-3H3/i1D3,2D3. The van der Waals surface area contributed by atoms with Crippen LogP contribution < -0.4 is 0 Å². The molecule has 114 valence electrons. The molecule has 4 rings (SSSR count). The van der Waals surface area contributed by atoms with Crippen molar-refractivity contribution in [3.05, 3.63) is 66.4 Å². The first kappa shape index (κ1) is 8.88. The van der Waals surface area contributed by atoms with Crippen LogP contribution in [0.4, 0.5) is 0 Å². The molecule has 0 amide bonds. The van der Waals surface area contributed by atoms with Crippen LogP contribution in [0.15, 0.2) is 65.2 Å². The Labute approximate surface area is 144 Å². The SMILES string of the molecule is [2H]C([2H])([2H])C(C)(c1ccnc(-c2cccc3c2oc2ccccc23)c1)C([2H])([2H])[2H]. The Balaban J connectivity index is 1.95. The monoisotopic (exact) mass is 307 g/mol. The van der Waals surface area contributed by atoms with E-state index in [0.717, 1.165) is 16.4 Å². The van der Waals surface area contributed by atoms with E-state index >= 15 is 0 Å². The van der Waals surface area contributed by atoms with Crippen LogP contribution in [0.25, 0.3) is 33.2 Å². The summed E-state index contributed by atoms with van der Waals surface area (Å²) in [5.74, 6) is 0. The van der Waals surface area contributed by atoms with E-state index in [-0.39, 0.29) is 5.56 Å². The van der Waals surface area contributed by atoms with Crippen LogP contribution in [0, 0.1) is 0 Å². The van der Waals surface area contributed by atoms with Crippen molar-refractivity contribution in [2.75, 3.05) is 0 Å². The van der Waals surface area contributed by atoms with Crippen molar-refractivity contribution in [1.82, 2.24) is 4.98 Å². The van der Waals surface area contributed by atoms with Crippen molar-refractivity contribution in [2.45, 2.75) is 26.0 Å². The molecule has 0 spiro atoms. The molecular formula is C21H19NO. The maximum absolute atomic E-state index is 7.89. The van der Waals surface area contributed by atoms with E-state index in [4.69, 9.17) is 12.6 Å². The summed E-state index contributed by atoms with van der Waals surface area (Å²) in [5.41, 5.74) is 0.671. The number of pyridine rings is 1. The highest BCUT2D eigenvalue weighted by atomic mass is 16.3. The van der Waals surface area contributed by atoms with Gasteiger partial charge in [-0.1, -0.05) is 51.0 Å². The van der Waals surface area contributed by atoms with Gasteiger partial charge in [-0.05, 0) is 35.2 Å². The Bertz CT molecular complexity index is 1190. The maximum Gasteiger partial charge on any atom is 0.144 e. The molecule has 2 aromatic carbocycles. The van der Waals surface area contributed by atoms with E-state index in [9.17, 15) is 0 Å². The van der Waals surface area contributed by atoms with E-state index in [1.165, 1.54) is 19.2 Å². The number of aromatic nitrogens is 1. The lowest BCUT2D eigenvalue weighted by molar-refractivity contribution is 0.589. The first-order valence-corrected chi connectivity index (χ1v) is 7.41. The largest absolute Gasteiger partial charge is 0.455 e. The highest BCUT2D eigenvalue weighted by Gasteiger charge is 2.17. The third-order valence-corrected chi connectivity index (χ3v) is 4.02. The van der Waals surface area contributed by atoms with Crippen LogP contribution in [-0.2, 0) is 5.41 Å². The molecule has 0 aliphatic heterocycles. The third kappa shape index (κ3) is 2.31. The van der Waals surface area contributed by atoms with Crippen molar-refractivity contribution < 1.29 is 12.6 Å². The smallest absolute Gasteiger partial charge is 0.144 e. The summed E-state index contributed by atoms with van der Waals surface area (Å²) in [6.07, 6.45) is 1.45. The average Bonchev–Trinajstić information content (AvgIpc) is 3.04. The van der Waals surface area contributed by atoms with E-state index in [2.05, 4.69) is 4.98 Å². The molecule has 0 aliphatic carbocycles. The van der Waals surface area contributed by atoms with E-state index in [1.807, 2.05) is 42.5 Å². The zero-order valence-electron chi connectivity index (χ0n) is 18.6. The average molecular weight is 307 g/mol. The van der Waals surface area contributed by atoms with Crippen molar-refractivity contribution in [1.29, 1.82) is 0 Å². The minimum Gasteiger partial charge on any atom is -0.455 e. The highest BCUT2D eigenvalue weighted by Crippen LogP contribution is 2.35. The number of hydrogen-bond donors (Lipinski definition) is 0. The van der Waals surface area contributed by atoms with Gasteiger partial charge in [-0.25, -0.2) is 0 Å². The molecule has 23 heavy (non-hydrogen) atoms. The summed E-state index contributed by atoms with van der Waals surface area (Å²) in [6.45, 7) is -4.18. The Morgan fingerprint density at radius 3 is 2.70 bits per heavy atom. The fraction of sp³-hybridized carbons (Fsp3) is 0.190. The molecule has 0 saturated carbocycles. The quantitative estimate of drug-likeness (QED) is 0.434. The summed E-state index contributed by atoms with van der Waals surface area (Å²) < 4.78 is 53.4. The van der Waals surface area contributed by atoms with E-state index in [0.29, 0.717) is 16.8 Å². The first-order chi connectivity index (χ1) is 13.5. The fourth-order valence-electron chi connectivity index (χ4n) is 2.84. The molecule has 0 atom stereocenters. The van der Waals surface area contributed by atoms with Crippen molar-refractivity contribution in [3.8, 4) is 11.3 Å². The van der Waals surface area contributed by atoms with Gasteiger partial charge in [0.1, 0.15) is 11.2 Å². The number of nitrogens with zero attached hydrogens (tertiary/aromatic N) is 1. The van der Waals surface area contributed by atoms with Crippen LogP contribution >= 0.6 is 0 Å². The van der Waals surface area contributed by atoms with Crippen LogP contribution in [0.3, 0.4) is 0 Å². The molecule has 0 unspecified atom stereocenters. The summed E-state index contributed by atoms with van der Waals surface area (Å²) >= 11 is 0. The lowest BCUT2D eigenvalue weighted by Crippen LogP contribution is -2.11. The van der Waals surface area contributed by atoms with Crippen LogP contribution in [0.2, 0.25) is 0 Å². The molecule has 0 fully saturated rings. The second-order valence-corrected chi connectivity index (χ2v) is 5.84. The molecule has 2 heteroatoms. The van der Waals surface area contributed by atoms with E-state index in [1.54, 1.807) is 6.07 Å². The van der Waals surface area contributed by atoms with Crippen molar-refractivity contribution >= 4 is 21.9 Å². The Morgan fingerprint density at radius 2 is 1.83 bits per heavy atom. The van der Waals surface area contributed by atoms with Gasteiger partial charge in [-0.15, -0.1) is 0 Å². The number of hydrogen-bond acceptors (Lipinski definition) is 2. The first-order valence-electron chi connectivity index (χ1n) is 10.4. The second-order valence-electron chi connectivity index (χ2n) is 5.84. The molecular weight excluding hydrogens is 282 g/mol. The van der Waals surface area contributed by atoms with E-state index < -0.39 is 19.1 Å².